The topological polar surface area (TPSA) is 89.9 Å². The van der Waals surface area contributed by atoms with Crippen LogP contribution in [0, 0.1) is 17.8 Å². The molecule has 0 heterocycles. The number of aliphatic hydroxyl groups is 1. The van der Waals surface area contributed by atoms with Gasteiger partial charge >= 0.3 is 12.0 Å². The predicted molar refractivity (Wildman–Crippen MR) is 73.2 cm³/mol. The lowest BCUT2D eigenvalue weighted by molar-refractivity contribution is -0.144. The van der Waals surface area contributed by atoms with Gasteiger partial charge in [-0.3, -0.25) is 4.79 Å². The van der Waals surface area contributed by atoms with Gasteiger partial charge in [0, 0.05) is 19.6 Å². The molecule has 0 spiro atoms. The molecule has 5 atom stereocenters. The largest absolute Gasteiger partial charge is 0.481 e. The van der Waals surface area contributed by atoms with Gasteiger partial charge in [0.1, 0.15) is 0 Å². The Kier molecular flexibility index (Phi) is 4.52. The molecule has 2 amide bonds. The van der Waals surface area contributed by atoms with Gasteiger partial charge in [0.25, 0.3) is 0 Å². The first-order valence-corrected chi connectivity index (χ1v) is 7.32. The molecule has 0 aromatic rings. The summed E-state index contributed by atoms with van der Waals surface area (Å²) < 4.78 is 0. The third-order valence-corrected chi connectivity index (χ3v) is 4.72. The van der Waals surface area contributed by atoms with Crippen LogP contribution in [0.2, 0.25) is 0 Å². The van der Waals surface area contributed by atoms with Gasteiger partial charge < -0.3 is 20.4 Å². The highest BCUT2D eigenvalue weighted by atomic mass is 16.4. The van der Waals surface area contributed by atoms with Gasteiger partial charge in [-0.2, -0.15) is 0 Å². The molecule has 2 fully saturated rings. The highest BCUT2D eigenvalue weighted by Gasteiger charge is 2.51. The second kappa shape index (κ2) is 5.99. The van der Waals surface area contributed by atoms with Gasteiger partial charge in [0.15, 0.2) is 0 Å². The normalized spacial score (nSPS) is 33.0. The van der Waals surface area contributed by atoms with Crippen molar-refractivity contribution in [2.24, 2.45) is 17.8 Å². The van der Waals surface area contributed by atoms with Crippen molar-refractivity contribution in [2.45, 2.75) is 44.8 Å². The molecule has 2 saturated carbocycles. The quantitative estimate of drug-likeness (QED) is 0.699. The van der Waals surface area contributed by atoms with Crippen LogP contribution in [-0.2, 0) is 4.79 Å². The minimum atomic E-state index is -0.797. The minimum Gasteiger partial charge on any atom is -0.481 e. The molecule has 0 radical (unpaired) electrons. The number of hydrogen-bond donors (Lipinski definition) is 3. The Morgan fingerprint density at radius 2 is 2.00 bits per heavy atom. The Balaban J connectivity index is 1.91. The number of carbonyl (C=O) groups excluding carboxylic acids is 1. The van der Waals surface area contributed by atoms with Gasteiger partial charge in [-0.25, -0.2) is 4.79 Å². The first-order valence-electron chi connectivity index (χ1n) is 7.32. The van der Waals surface area contributed by atoms with E-state index in [2.05, 4.69) is 5.32 Å². The first kappa shape index (κ1) is 15.1. The lowest BCUT2D eigenvalue weighted by atomic mass is 9.84. The molecule has 2 aliphatic rings. The van der Waals surface area contributed by atoms with E-state index in [4.69, 9.17) is 0 Å². The fraction of sp³-hybridized carbons (Fsp3) is 0.857. The zero-order chi connectivity index (χ0) is 14.9. The number of carboxylic acid groups (broad SMARTS) is 1. The molecule has 6 nitrogen and oxygen atoms in total. The Labute approximate surface area is 119 Å². The van der Waals surface area contributed by atoms with E-state index >= 15 is 0 Å². The zero-order valence-electron chi connectivity index (χ0n) is 12.1. The number of aliphatic hydroxyl groups excluding tert-OH is 1. The van der Waals surface area contributed by atoms with Crippen molar-refractivity contribution in [1.29, 1.82) is 0 Å². The summed E-state index contributed by atoms with van der Waals surface area (Å²) in [6.07, 6.45) is 2.96. The van der Waals surface area contributed by atoms with Crippen molar-refractivity contribution in [2.75, 3.05) is 13.6 Å². The van der Waals surface area contributed by atoms with Crippen LogP contribution < -0.4 is 5.32 Å². The van der Waals surface area contributed by atoms with E-state index in [0.717, 1.165) is 19.3 Å². The fourth-order valence-corrected chi connectivity index (χ4v) is 3.59. The van der Waals surface area contributed by atoms with Gasteiger partial charge in [-0.1, -0.05) is 0 Å². The number of fused-ring (bicyclic) bond motifs is 2. The number of carbonyl (C=O) groups is 2. The Morgan fingerprint density at radius 1 is 1.35 bits per heavy atom. The number of nitrogens with zero attached hydrogens (tertiary/aromatic N) is 1. The fourth-order valence-electron chi connectivity index (χ4n) is 3.59. The number of nitrogens with one attached hydrogen (secondary N) is 1. The maximum atomic E-state index is 12.1. The van der Waals surface area contributed by atoms with Crippen molar-refractivity contribution in [1.82, 2.24) is 10.2 Å². The van der Waals surface area contributed by atoms with E-state index < -0.39 is 18.0 Å². The van der Waals surface area contributed by atoms with Crippen molar-refractivity contribution in [3.05, 3.63) is 0 Å². The van der Waals surface area contributed by atoms with Gasteiger partial charge in [-0.15, -0.1) is 0 Å². The van der Waals surface area contributed by atoms with Crippen molar-refractivity contribution < 1.29 is 19.8 Å². The minimum absolute atomic E-state index is 0.213. The van der Waals surface area contributed by atoms with Crippen LogP contribution in [0.5, 0.6) is 0 Å². The predicted octanol–water partition coefficient (Wildman–Crippen LogP) is 0.898. The molecule has 114 valence electrons. The van der Waals surface area contributed by atoms with Gasteiger partial charge in [0.05, 0.1) is 12.0 Å². The SMILES string of the molecule is CC(O)CCN(C)C(=O)NC1C2CCC(C2)C1C(=O)O. The van der Waals surface area contributed by atoms with Crippen molar-refractivity contribution in [3.8, 4) is 0 Å². The standard InChI is InChI=1S/C14H24N2O4/c1-8(17)5-6-16(2)14(20)15-12-10-4-3-9(7-10)11(12)13(18)19/h8-12,17H,3-7H2,1-2H3,(H,15,20)(H,18,19). The highest BCUT2D eigenvalue weighted by molar-refractivity contribution is 5.77. The number of rotatable bonds is 5. The highest BCUT2D eigenvalue weighted by Crippen LogP contribution is 2.48. The van der Waals surface area contributed by atoms with Crippen LogP contribution in [0.4, 0.5) is 4.79 Å². The third kappa shape index (κ3) is 3.06. The summed E-state index contributed by atoms with van der Waals surface area (Å²) in [5, 5.41) is 21.5. The lowest BCUT2D eigenvalue weighted by Gasteiger charge is -2.30. The second-order valence-corrected chi connectivity index (χ2v) is 6.23. The molecule has 6 heteroatoms. The number of aliphatic carboxylic acids is 1. The summed E-state index contributed by atoms with van der Waals surface area (Å²) in [6, 6.07) is -0.484. The van der Waals surface area contributed by atoms with E-state index in [9.17, 15) is 19.8 Å². The number of amides is 2. The van der Waals surface area contributed by atoms with Crippen molar-refractivity contribution >= 4 is 12.0 Å². The summed E-state index contributed by atoms with van der Waals surface area (Å²) in [5.41, 5.74) is 0. The van der Waals surface area contributed by atoms with Crippen LogP contribution >= 0.6 is 0 Å². The van der Waals surface area contributed by atoms with Crippen LogP contribution in [0.1, 0.15) is 32.6 Å². The third-order valence-electron chi connectivity index (χ3n) is 4.72. The lowest BCUT2D eigenvalue weighted by Crippen LogP contribution is -2.50. The molecule has 0 aromatic carbocycles. The van der Waals surface area contributed by atoms with Gasteiger partial charge in [0.2, 0.25) is 0 Å². The summed E-state index contributed by atoms with van der Waals surface area (Å²) in [4.78, 5) is 25.0. The molecule has 2 aliphatic carbocycles. The summed E-state index contributed by atoms with van der Waals surface area (Å²) >= 11 is 0. The zero-order valence-corrected chi connectivity index (χ0v) is 12.1. The van der Waals surface area contributed by atoms with Crippen molar-refractivity contribution in [3.63, 3.8) is 0 Å². The first-order chi connectivity index (χ1) is 9.40. The maximum Gasteiger partial charge on any atom is 0.317 e. The average molecular weight is 284 g/mol. The Morgan fingerprint density at radius 3 is 2.60 bits per heavy atom. The van der Waals surface area contributed by atoms with Crippen LogP contribution in [0.3, 0.4) is 0 Å². The van der Waals surface area contributed by atoms with E-state index in [1.165, 1.54) is 4.90 Å². The maximum absolute atomic E-state index is 12.1. The summed E-state index contributed by atoms with van der Waals surface area (Å²) in [5.74, 6) is -0.724. The Bertz CT molecular complexity index is 385. The molecule has 0 aliphatic heterocycles. The summed E-state index contributed by atoms with van der Waals surface area (Å²) in [7, 11) is 1.67. The Hall–Kier alpha value is -1.30. The molecule has 20 heavy (non-hydrogen) atoms. The monoisotopic (exact) mass is 284 g/mol. The number of carboxylic acids is 1. The molecule has 3 N–H and O–H groups in total. The van der Waals surface area contributed by atoms with E-state index in [1.54, 1.807) is 14.0 Å². The molecule has 2 bridgehead atoms. The van der Waals surface area contributed by atoms with E-state index in [1.807, 2.05) is 0 Å². The molecular formula is C14H24N2O4. The number of hydrogen-bond acceptors (Lipinski definition) is 3. The van der Waals surface area contributed by atoms with Crippen LogP contribution in [0.25, 0.3) is 0 Å². The van der Waals surface area contributed by atoms with Crippen LogP contribution in [-0.4, -0.2) is 52.9 Å². The summed E-state index contributed by atoms with van der Waals surface area (Å²) in [6.45, 7) is 2.14. The number of urea groups is 1. The molecule has 2 rings (SSSR count). The molecule has 0 saturated heterocycles. The molecule has 5 unspecified atom stereocenters. The van der Waals surface area contributed by atoms with E-state index in [0.29, 0.717) is 18.9 Å². The average Bonchev–Trinajstić information content (AvgIpc) is 2.96. The van der Waals surface area contributed by atoms with E-state index in [-0.39, 0.29) is 18.0 Å². The second-order valence-electron chi connectivity index (χ2n) is 6.23. The smallest absolute Gasteiger partial charge is 0.317 e. The van der Waals surface area contributed by atoms with Crippen LogP contribution in [0.15, 0.2) is 0 Å². The molecular weight excluding hydrogens is 260 g/mol. The van der Waals surface area contributed by atoms with Gasteiger partial charge in [-0.05, 0) is 44.4 Å². The molecule has 0 aromatic heterocycles.